The molecule has 34 heavy (non-hydrogen) atoms. The summed E-state index contributed by atoms with van der Waals surface area (Å²) in [4.78, 5) is 41.3. The van der Waals surface area contributed by atoms with E-state index in [1.807, 2.05) is 19.1 Å². The fourth-order valence-corrected chi connectivity index (χ4v) is 5.07. The highest BCUT2D eigenvalue weighted by Gasteiger charge is 2.32. The van der Waals surface area contributed by atoms with Crippen LogP contribution in [0.15, 0.2) is 30.3 Å². The van der Waals surface area contributed by atoms with E-state index in [2.05, 4.69) is 21.9 Å². The summed E-state index contributed by atoms with van der Waals surface area (Å²) in [6.45, 7) is 4.56. The van der Waals surface area contributed by atoms with E-state index >= 15 is 0 Å². The first kappa shape index (κ1) is 24.0. The van der Waals surface area contributed by atoms with Gasteiger partial charge in [0.1, 0.15) is 12.6 Å². The molecule has 1 aromatic heterocycles. The van der Waals surface area contributed by atoms with Crippen LogP contribution in [0.4, 0.5) is 11.4 Å². The Morgan fingerprint density at radius 3 is 2.74 bits per heavy atom. The van der Waals surface area contributed by atoms with Crippen LogP contribution < -0.4 is 20.9 Å². The van der Waals surface area contributed by atoms with Crippen LogP contribution in [0.3, 0.4) is 0 Å². The maximum atomic E-state index is 13.3. The van der Waals surface area contributed by atoms with Gasteiger partial charge >= 0.3 is 0 Å². The summed E-state index contributed by atoms with van der Waals surface area (Å²) in [5.41, 5.74) is 2.29. The molecule has 1 aromatic carbocycles. The highest BCUT2D eigenvalue weighted by molar-refractivity contribution is 7.14. The topological polar surface area (TPSA) is 99.8 Å². The molecule has 3 N–H and O–H groups in total. The van der Waals surface area contributed by atoms with Crippen molar-refractivity contribution in [2.45, 2.75) is 25.8 Å². The van der Waals surface area contributed by atoms with E-state index < -0.39 is 6.04 Å². The molecule has 9 heteroatoms. The number of piperidine rings is 1. The summed E-state index contributed by atoms with van der Waals surface area (Å²) in [5, 5.41) is 9.20. The monoisotopic (exact) mass is 480 g/mol. The van der Waals surface area contributed by atoms with Crippen molar-refractivity contribution in [2.75, 3.05) is 43.1 Å². The van der Waals surface area contributed by atoms with Crippen molar-refractivity contribution in [1.82, 2.24) is 10.6 Å². The predicted molar refractivity (Wildman–Crippen MR) is 132 cm³/mol. The second-order valence-electron chi connectivity index (χ2n) is 8.44. The Labute approximate surface area is 203 Å². The molecule has 4 rings (SSSR count). The highest BCUT2D eigenvalue weighted by atomic mass is 32.1. The van der Waals surface area contributed by atoms with Gasteiger partial charge in [-0.25, -0.2) is 0 Å². The number of amides is 3. The third-order valence-corrected chi connectivity index (χ3v) is 7.15. The SMILES string of the molecule is C#Cc1ccc(C(=O)NC(C(=O)Nc2ccc(N3CCOCC3=O)c(C)c2)C2CCNCC2)s1. The molecule has 3 amide bonds. The van der Waals surface area contributed by atoms with Crippen molar-refractivity contribution in [1.29, 1.82) is 0 Å². The Morgan fingerprint density at radius 2 is 2.06 bits per heavy atom. The lowest BCUT2D eigenvalue weighted by molar-refractivity contribution is -0.125. The van der Waals surface area contributed by atoms with E-state index in [1.165, 1.54) is 11.3 Å². The molecular formula is C25H28N4O4S. The van der Waals surface area contributed by atoms with Gasteiger partial charge in [-0.2, -0.15) is 0 Å². The maximum absolute atomic E-state index is 13.3. The van der Waals surface area contributed by atoms with Crippen LogP contribution in [-0.4, -0.2) is 56.6 Å². The summed E-state index contributed by atoms with van der Waals surface area (Å²) in [6.07, 6.45) is 7.00. The lowest BCUT2D eigenvalue weighted by Gasteiger charge is -2.31. The molecule has 0 aliphatic carbocycles. The van der Waals surface area contributed by atoms with E-state index in [0.29, 0.717) is 28.6 Å². The zero-order valence-corrected chi connectivity index (χ0v) is 19.9. The van der Waals surface area contributed by atoms with Gasteiger partial charge in [-0.3, -0.25) is 14.4 Å². The van der Waals surface area contributed by atoms with Gasteiger partial charge in [0.05, 0.1) is 16.4 Å². The number of rotatable bonds is 6. The van der Waals surface area contributed by atoms with Gasteiger partial charge in [0.2, 0.25) is 5.91 Å². The molecule has 1 atom stereocenters. The van der Waals surface area contributed by atoms with Gasteiger partial charge in [0.15, 0.2) is 0 Å². The second-order valence-corrected chi connectivity index (χ2v) is 9.52. The van der Waals surface area contributed by atoms with E-state index in [-0.39, 0.29) is 30.2 Å². The van der Waals surface area contributed by atoms with Gasteiger partial charge in [-0.15, -0.1) is 17.8 Å². The van der Waals surface area contributed by atoms with Crippen molar-refractivity contribution in [3.63, 3.8) is 0 Å². The Bertz CT molecular complexity index is 1120. The van der Waals surface area contributed by atoms with Gasteiger partial charge < -0.3 is 25.6 Å². The normalized spacial score (nSPS) is 17.6. The number of hydrogen-bond acceptors (Lipinski definition) is 6. The van der Waals surface area contributed by atoms with E-state index in [4.69, 9.17) is 11.2 Å². The summed E-state index contributed by atoms with van der Waals surface area (Å²) in [5.74, 6) is 1.90. The van der Waals surface area contributed by atoms with Gasteiger partial charge in [-0.05, 0) is 74.7 Å². The van der Waals surface area contributed by atoms with Crippen molar-refractivity contribution < 1.29 is 19.1 Å². The number of morpholine rings is 1. The zero-order chi connectivity index (χ0) is 24.1. The summed E-state index contributed by atoms with van der Waals surface area (Å²) >= 11 is 1.23. The van der Waals surface area contributed by atoms with Crippen LogP contribution in [0.25, 0.3) is 0 Å². The smallest absolute Gasteiger partial charge is 0.262 e. The average molecular weight is 481 g/mol. The standard InChI is InChI=1S/C25H28N4O4S/c1-3-19-5-7-21(34-19)24(31)28-23(17-8-10-26-11-9-17)25(32)27-18-4-6-20(16(2)14-18)29-12-13-33-15-22(29)30/h1,4-7,14,17,23,26H,8-13,15H2,2H3,(H,27,32)(H,28,31). The lowest BCUT2D eigenvalue weighted by atomic mass is 9.89. The minimum atomic E-state index is -0.674. The molecule has 1 unspecified atom stereocenters. The fourth-order valence-electron chi connectivity index (χ4n) is 4.35. The number of ether oxygens (including phenoxy) is 1. The number of hydrogen-bond donors (Lipinski definition) is 3. The first-order chi connectivity index (χ1) is 16.5. The van der Waals surface area contributed by atoms with E-state index in [1.54, 1.807) is 23.1 Å². The van der Waals surface area contributed by atoms with Crippen molar-refractivity contribution >= 4 is 40.4 Å². The van der Waals surface area contributed by atoms with Gasteiger partial charge in [-0.1, -0.05) is 5.92 Å². The molecule has 0 bridgehead atoms. The third kappa shape index (κ3) is 5.47. The Balaban J connectivity index is 1.49. The molecule has 2 aliphatic heterocycles. The highest BCUT2D eigenvalue weighted by Crippen LogP contribution is 2.26. The van der Waals surface area contributed by atoms with Crippen LogP contribution in [-0.2, 0) is 14.3 Å². The number of terminal acetylenes is 1. The van der Waals surface area contributed by atoms with Crippen LogP contribution in [0.1, 0.15) is 33.0 Å². The van der Waals surface area contributed by atoms with Gasteiger partial charge in [0, 0.05) is 17.9 Å². The van der Waals surface area contributed by atoms with Crippen LogP contribution in [0.5, 0.6) is 0 Å². The van der Waals surface area contributed by atoms with Crippen molar-refractivity contribution in [2.24, 2.45) is 5.92 Å². The van der Waals surface area contributed by atoms with E-state index in [9.17, 15) is 14.4 Å². The number of benzene rings is 1. The zero-order valence-electron chi connectivity index (χ0n) is 19.1. The van der Waals surface area contributed by atoms with Crippen LogP contribution in [0.2, 0.25) is 0 Å². The molecule has 178 valence electrons. The van der Waals surface area contributed by atoms with Gasteiger partial charge in [0.25, 0.3) is 11.8 Å². The number of thiophene rings is 1. The van der Waals surface area contributed by atoms with Crippen LogP contribution in [0, 0.1) is 25.2 Å². The van der Waals surface area contributed by atoms with Crippen molar-refractivity contribution in [3.05, 3.63) is 45.6 Å². The molecule has 8 nitrogen and oxygen atoms in total. The average Bonchev–Trinajstić information content (AvgIpc) is 3.33. The largest absolute Gasteiger partial charge is 0.370 e. The molecule has 2 fully saturated rings. The molecular weight excluding hydrogens is 452 g/mol. The number of anilines is 2. The number of carbonyl (C=O) groups is 3. The summed E-state index contributed by atoms with van der Waals surface area (Å²) in [6, 6.07) is 8.19. The first-order valence-corrected chi connectivity index (χ1v) is 12.2. The van der Waals surface area contributed by atoms with Crippen molar-refractivity contribution in [3.8, 4) is 12.3 Å². The number of nitrogens with zero attached hydrogens (tertiary/aromatic N) is 1. The van der Waals surface area contributed by atoms with Crippen LogP contribution >= 0.6 is 11.3 Å². The summed E-state index contributed by atoms with van der Waals surface area (Å²) in [7, 11) is 0. The molecule has 0 radical (unpaired) electrons. The minimum Gasteiger partial charge on any atom is -0.370 e. The third-order valence-electron chi connectivity index (χ3n) is 6.14. The molecule has 0 spiro atoms. The van der Waals surface area contributed by atoms with E-state index in [0.717, 1.165) is 37.2 Å². The number of nitrogens with one attached hydrogen (secondary N) is 3. The molecule has 2 saturated heterocycles. The Kier molecular flexibility index (Phi) is 7.63. The molecule has 2 aliphatic rings. The second kappa shape index (κ2) is 10.8. The Morgan fingerprint density at radius 1 is 1.26 bits per heavy atom. The number of aryl methyl sites for hydroxylation is 1. The predicted octanol–water partition coefficient (Wildman–Crippen LogP) is 2.14. The Hall–Kier alpha value is -3.19. The quantitative estimate of drug-likeness (QED) is 0.550. The first-order valence-electron chi connectivity index (χ1n) is 11.3. The lowest BCUT2D eigenvalue weighted by Crippen LogP contribution is -2.51. The maximum Gasteiger partial charge on any atom is 0.262 e. The summed E-state index contributed by atoms with van der Waals surface area (Å²) < 4.78 is 5.21. The molecule has 2 aromatic rings. The number of carbonyl (C=O) groups excluding carboxylic acids is 3. The molecule has 3 heterocycles. The minimum absolute atomic E-state index is 0.0172. The fraction of sp³-hybridized carbons (Fsp3) is 0.400. The molecule has 0 saturated carbocycles.